The number of amides is 1. The average molecular weight is 359 g/mol. The summed E-state index contributed by atoms with van der Waals surface area (Å²) in [5.41, 5.74) is 1.71. The zero-order valence-electron chi connectivity index (χ0n) is 13.8. The Morgan fingerprint density at radius 2 is 2.04 bits per heavy atom. The van der Waals surface area contributed by atoms with Gasteiger partial charge in [-0.05, 0) is 36.6 Å². The van der Waals surface area contributed by atoms with Gasteiger partial charge in [-0.15, -0.1) is 0 Å². The molecule has 3 heterocycles. The lowest BCUT2D eigenvalue weighted by Gasteiger charge is -2.25. The minimum Gasteiger partial charge on any atom is -0.486 e. The molecule has 1 amide bonds. The molecule has 0 aliphatic carbocycles. The van der Waals surface area contributed by atoms with Gasteiger partial charge in [0.2, 0.25) is 5.91 Å². The number of fused-ring (bicyclic) bond motifs is 1. The SMILES string of the molecule is O=C(Cc1cc2c(cc1Cl)OCCO2)N1CCC[C@@H]1c1ccccn1. The van der Waals surface area contributed by atoms with Crippen LogP contribution in [0.15, 0.2) is 36.5 Å². The largest absolute Gasteiger partial charge is 0.486 e. The molecule has 0 saturated carbocycles. The number of pyridine rings is 1. The minimum atomic E-state index is 0.0460. The van der Waals surface area contributed by atoms with Crippen LogP contribution in [0.5, 0.6) is 11.5 Å². The summed E-state index contributed by atoms with van der Waals surface area (Å²) in [6, 6.07) is 9.43. The molecule has 0 unspecified atom stereocenters. The Kier molecular flexibility index (Phi) is 4.49. The molecule has 1 atom stereocenters. The maximum absolute atomic E-state index is 12.9. The molecule has 1 fully saturated rings. The average Bonchev–Trinajstić information content (AvgIpc) is 3.13. The molecule has 5 nitrogen and oxygen atoms in total. The van der Waals surface area contributed by atoms with Crippen molar-refractivity contribution in [1.82, 2.24) is 9.88 Å². The fraction of sp³-hybridized carbons (Fsp3) is 0.368. The van der Waals surface area contributed by atoms with Crippen molar-refractivity contribution in [3.8, 4) is 11.5 Å². The number of carbonyl (C=O) groups is 1. The molecule has 2 aliphatic rings. The van der Waals surface area contributed by atoms with Gasteiger partial charge >= 0.3 is 0 Å². The van der Waals surface area contributed by atoms with E-state index < -0.39 is 0 Å². The van der Waals surface area contributed by atoms with Crippen molar-refractivity contribution >= 4 is 17.5 Å². The van der Waals surface area contributed by atoms with Gasteiger partial charge in [-0.2, -0.15) is 0 Å². The van der Waals surface area contributed by atoms with Gasteiger partial charge in [0.1, 0.15) is 13.2 Å². The Balaban J connectivity index is 1.54. The van der Waals surface area contributed by atoms with Gasteiger partial charge < -0.3 is 14.4 Å². The predicted octanol–water partition coefficient (Wildman–Crippen LogP) is 3.41. The molecule has 25 heavy (non-hydrogen) atoms. The number of hydrogen-bond donors (Lipinski definition) is 0. The first-order valence-corrected chi connectivity index (χ1v) is 8.88. The molecule has 1 saturated heterocycles. The number of halogens is 1. The second-order valence-corrected chi connectivity index (χ2v) is 6.67. The van der Waals surface area contributed by atoms with Gasteiger partial charge in [0.25, 0.3) is 0 Å². The van der Waals surface area contributed by atoms with Crippen LogP contribution in [0.2, 0.25) is 5.02 Å². The van der Waals surface area contributed by atoms with Crippen molar-refractivity contribution in [3.05, 3.63) is 52.8 Å². The van der Waals surface area contributed by atoms with Gasteiger partial charge in [-0.1, -0.05) is 17.7 Å². The maximum Gasteiger partial charge on any atom is 0.227 e. The Morgan fingerprint density at radius 3 is 2.80 bits per heavy atom. The highest BCUT2D eigenvalue weighted by Gasteiger charge is 2.31. The third-order valence-electron chi connectivity index (χ3n) is 4.66. The highest BCUT2D eigenvalue weighted by molar-refractivity contribution is 6.31. The van der Waals surface area contributed by atoms with Crippen LogP contribution >= 0.6 is 11.6 Å². The Morgan fingerprint density at radius 1 is 1.24 bits per heavy atom. The number of likely N-dealkylation sites (tertiary alicyclic amines) is 1. The molecule has 4 rings (SSSR count). The smallest absolute Gasteiger partial charge is 0.227 e. The number of hydrogen-bond acceptors (Lipinski definition) is 4. The monoisotopic (exact) mass is 358 g/mol. The van der Waals surface area contributed by atoms with E-state index in [1.807, 2.05) is 29.2 Å². The van der Waals surface area contributed by atoms with Crippen molar-refractivity contribution in [1.29, 1.82) is 0 Å². The fourth-order valence-corrected chi connectivity index (χ4v) is 3.67. The molecule has 2 aliphatic heterocycles. The summed E-state index contributed by atoms with van der Waals surface area (Å²) in [7, 11) is 0. The summed E-state index contributed by atoms with van der Waals surface area (Å²) in [5.74, 6) is 1.35. The van der Waals surface area contributed by atoms with Crippen LogP contribution in [-0.4, -0.2) is 35.5 Å². The molecule has 1 aromatic carbocycles. The zero-order chi connectivity index (χ0) is 17.2. The topological polar surface area (TPSA) is 51.7 Å². The molecular weight excluding hydrogens is 340 g/mol. The quantitative estimate of drug-likeness (QED) is 0.843. The Labute approximate surface area is 151 Å². The predicted molar refractivity (Wildman–Crippen MR) is 94.1 cm³/mol. The lowest BCUT2D eigenvalue weighted by Crippen LogP contribution is -2.32. The van der Waals surface area contributed by atoms with E-state index in [-0.39, 0.29) is 18.4 Å². The minimum absolute atomic E-state index is 0.0460. The van der Waals surface area contributed by atoms with Gasteiger partial charge in [-0.3, -0.25) is 9.78 Å². The van der Waals surface area contributed by atoms with Crippen LogP contribution in [0, 0.1) is 0 Å². The standard InChI is InChI=1S/C19H19ClN2O3/c20-14-12-18-17(24-8-9-25-18)10-13(14)11-19(23)22-7-3-5-16(22)15-4-1-2-6-21-15/h1-2,4,6,10,12,16H,3,5,7-9,11H2/t16-/m1/s1. The van der Waals surface area contributed by atoms with Gasteiger partial charge in [0.15, 0.2) is 11.5 Å². The molecule has 0 N–H and O–H groups in total. The van der Waals surface area contributed by atoms with Crippen LogP contribution in [0.3, 0.4) is 0 Å². The Hall–Kier alpha value is -2.27. The van der Waals surface area contributed by atoms with Gasteiger partial charge in [0, 0.05) is 23.8 Å². The van der Waals surface area contributed by atoms with E-state index in [0.717, 1.165) is 30.6 Å². The maximum atomic E-state index is 12.9. The second-order valence-electron chi connectivity index (χ2n) is 6.26. The van der Waals surface area contributed by atoms with Gasteiger partial charge in [-0.25, -0.2) is 0 Å². The summed E-state index contributed by atoms with van der Waals surface area (Å²) >= 11 is 6.35. The van der Waals surface area contributed by atoms with E-state index in [2.05, 4.69) is 4.98 Å². The van der Waals surface area contributed by atoms with Crippen molar-refractivity contribution < 1.29 is 14.3 Å². The van der Waals surface area contributed by atoms with Crippen LogP contribution in [0.4, 0.5) is 0 Å². The summed E-state index contributed by atoms with van der Waals surface area (Å²) in [6.07, 6.45) is 3.95. The van der Waals surface area contributed by atoms with Crippen molar-refractivity contribution in [2.24, 2.45) is 0 Å². The van der Waals surface area contributed by atoms with Crippen LogP contribution in [0.25, 0.3) is 0 Å². The normalized spacial score (nSPS) is 19.1. The molecule has 2 aromatic rings. The second kappa shape index (κ2) is 6.92. The molecule has 6 heteroatoms. The molecule has 1 aromatic heterocycles. The van der Waals surface area contributed by atoms with Crippen LogP contribution in [0.1, 0.15) is 30.1 Å². The molecular formula is C19H19ClN2O3. The molecule has 0 bridgehead atoms. The van der Waals surface area contributed by atoms with E-state index in [1.165, 1.54) is 0 Å². The van der Waals surface area contributed by atoms with E-state index >= 15 is 0 Å². The number of benzene rings is 1. The first kappa shape index (κ1) is 16.2. The Bertz CT molecular complexity index is 782. The van der Waals surface area contributed by atoms with E-state index in [9.17, 15) is 4.79 Å². The molecule has 0 spiro atoms. The highest BCUT2D eigenvalue weighted by Crippen LogP contribution is 2.37. The first-order valence-electron chi connectivity index (χ1n) is 8.51. The summed E-state index contributed by atoms with van der Waals surface area (Å²) in [4.78, 5) is 19.2. The summed E-state index contributed by atoms with van der Waals surface area (Å²) in [6.45, 7) is 1.78. The fourth-order valence-electron chi connectivity index (χ4n) is 3.45. The highest BCUT2D eigenvalue weighted by atomic mass is 35.5. The van der Waals surface area contributed by atoms with Crippen molar-refractivity contribution in [2.75, 3.05) is 19.8 Å². The van der Waals surface area contributed by atoms with E-state index in [1.54, 1.807) is 12.3 Å². The third kappa shape index (κ3) is 3.29. The number of ether oxygens (including phenoxy) is 2. The van der Waals surface area contributed by atoms with E-state index in [0.29, 0.717) is 29.7 Å². The number of nitrogens with zero attached hydrogens (tertiary/aromatic N) is 2. The van der Waals surface area contributed by atoms with Crippen molar-refractivity contribution in [3.63, 3.8) is 0 Å². The van der Waals surface area contributed by atoms with Gasteiger partial charge in [0.05, 0.1) is 18.2 Å². The number of aromatic nitrogens is 1. The number of rotatable bonds is 3. The van der Waals surface area contributed by atoms with E-state index in [4.69, 9.17) is 21.1 Å². The third-order valence-corrected chi connectivity index (χ3v) is 5.01. The van der Waals surface area contributed by atoms with Crippen LogP contribution in [-0.2, 0) is 11.2 Å². The lowest BCUT2D eigenvalue weighted by atomic mass is 10.1. The summed E-state index contributed by atoms with van der Waals surface area (Å²) < 4.78 is 11.1. The number of carbonyl (C=O) groups excluding carboxylic acids is 1. The summed E-state index contributed by atoms with van der Waals surface area (Å²) in [5, 5.41) is 0.534. The molecule has 0 radical (unpaired) electrons. The van der Waals surface area contributed by atoms with Crippen molar-refractivity contribution in [2.45, 2.75) is 25.3 Å². The lowest BCUT2D eigenvalue weighted by molar-refractivity contribution is -0.131. The molecule has 130 valence electrons. The zero-order valence-corrected chi connectivity index (χ0v) is 14.5. The van der Waals surface area contributed by atoms with Crippen LogP contribution < -0.4 is 9.47 Å². The first-order chi connectivity index (χ1) is 12.2.